The molecule has 0 saturated heterocycles. The van der Waals surface area contributed by atoms with Crippen molar-refractivity contribution in [1.82, 2.24) is 0 Å². The molecule has 0 aliphatic rings. The molecule has 0 atom stereocenters. The Kier molecular flexibility index (Phi) is 3.20. The molecule has 0 heterocycles. The zero-order chi connectivity index (χ0) is 10.6. The van der Waals surface area contributed by atoms with E-state index in [1.165, 1.54) is 24.3 Å². The maximum atomic E-state index is 13.0. The van der Waals surface area contributed by atoms with Crippen LogP contribution in [0.1, 0.15) is 5.56 Å². The van der Waals surface area contributed by atoms with Gasteiger partial charge >= 0.3 is 0 Å². The van der Waals surface area contributed by atoms with E-state index in [0.29, 0.717) is 0 Å². The summed E-state index contributed by atoms with van der Waals surface area (Å²) in [6, 6.07) is 7.16. The van der Waals surface area contributed by atoms with Crippen LogP contribution in [0.5, 0.6) is 0 Å². The first-order valence-electron chi connectivity index (χ1n) is 3.86. The highest BCUT2D eigenvalue weighted by molar-refractivity contribution is 7.90. The first-order valence-corrected chi connectivity index (χ1v) is 5.68. The molecule has 0 radical (unpaired) electrons. The lowest BCUT2D eigenvalue weighted by molar-refractivity contribution is 0.589. The third kappa shape index (κ3) is 2.82. The van der Waals surface area contributed by atoms with E-state index in [2.05, 4.69) is 0 Å². The zero-order valence-corrected chi connectivity index (χ0v) is 8.09. The molecular weight excluding hydrogens is 205 g/mol. The molecule has 0 spiro atoms. The van der Waals surface area contributed by atoms with Gasteiger partial charge in [0.15, 0.2) is 9.84 Å². The molecule has 1 aromatic carbocycles. The summed E-state index contributed by atoms with van der Waals surface area (Å²) in [5.74, 6) is -1.57. The summed E-state index contributed by atoms with van der Waals surface area (Å²) in [5, 5.41) is 8.23. The van der Waals surface area contributed by atoms with Crippen LogP contribution in [0.2, 0.25) is 0 Å². The second kappa shape index (κ2) is 4.20. The number of halogens is 1. The van der Waals surface area contributed by atoms with Gasteiger partial charge < -0.3 is 0 Å². The topological polar surface area (TPSA) is 57.9 Å². The van der Waals surface area contributed by atoms with Crippen LogP contribution in [0.4, 0.5) is 4.39 Å². The van der Waals surface area contributed by atoms with Gasteiger partial charge in [-0.3, -0.25) is 0 Å². The third-order valence-corrected chi connectivity index (χ3v) is 2.94. The molecule has 0 unspecified atom stereocenters. The lowest BCUT2D eigenvalue weighted by atomic mass is 10.2. The van der Waals surface area contributed by atoms with Crippen molar-refractivity contribution < 1.29 is 12.8 Å². The molecule has 0 bridgehead atoms. The summed E-state index contributed by atoms with van der Waals surface area (Å²) in [7, 11) is -3.51. The number of hydrogen-bond acceptors (Lipinski definition) is 3. The van der Waals surface area contributed by atoms with Crippen molar-refractivity contribution in [3.63, 3.8) is 0 Å². The number of benzene rings is 1. The minimum atomic E-state index is -3.51. The summed E-state index contributed by atoms with van der Waals surface area (Å²) >= 11 is 0. The molecule has 0 amide bonds. The molecule has 3 nitrogen and oxygen atoms in total. The Hall–Kier alpha value is -1.41. The lowest BCUT2D eigenvalue weighted by Gasteiger charge is -2.01. The number of nitriles is 1. The van der Waals surface area contributed by atoms with Crippen molar-refractivity contribution in [2.24, 2.45) is 0 Å². The zero-order valence-electron chi connectivity index (χ0n) is 7.27. The number of rotatable bonds is 3. The Morgan fingerprint density at radius 3 is 2.57 bits per heavy atom. The van der Waals surface area contributed by atoms with E-state index in [1.807, 2.05) is 0 Å². The van der Waals surface area contributed by atoms with E-state index in [-0.39, 0.29) is 5.56 Å². The second-order valence-electron chi connectivity index (χ2n) is 2.78. The third-order valence-electron chi connectivity index (χ3n) is 1.62. The average Bonchev–Trinajstić information content (AvgIpc) is 2.08. The van der Waals surface area contributed by atoms with Crippen molar-refractivity contribution in [2.45, 2.75) is 5.75 Å². The first-order chi connectivity index (χ1) is 6.55. The van der Waals surface area contributed by atoms with Gasteiger partial charge in [0, 0.05) is 5.56 Å². The molecule has 0 aliphatic heterocycles. The average molecular weight is 213 g/mol. The predicted octanol–water partition coefficient (Wildman–Crippen LogP) is 1.26. The quantitative estimate of drug-likeness (QED) is 0.759. The van der Waals surface area contributed by atoms with Crippen LogP contribution in [-0.2, 0) is 15.6 Å². The van der Waals surface area contributed by atoms with E-state index in [0.717, 1.165) is 0 Å². The Morgan fingerprint density at radius 1 is 1.36 bits per heavy atom. The molecule has 74 valence electrons. The molecule has 0 aromatic heterocycles. The van der Waals surface area contributed by atoms with Gasteiger partial charge in [-0.05, 0) is 6.07 Å². The van der Waals surface area contributed by atoms with Gasteiger partial charge in [-0.25, -0.2) is 12.8 Å². The van der Waals surface area contributed by atoms with Crippen LogP contribution in [0.3, 0.4) is 0 Å². The van der Waals surface area contributed by atoms with Gasteiger partial charge in [-0.2, -0.15) is 5.26 Å². The van der Waals surface area contributed by atoms with Gasteiger partial charge in [0.05, 0.1) is 11.8 Å². The van der Waals surface area contributed by atoms with Crippen molar-refractivity contribution in [2.75, 3.05) is 5.75 Å². The highest BCUT2D eigenvalue weighted by Gasteiger charge is 2.13. The van der Waals surface area contributed by atoms with Crippen LogP contribution in [0.15, 0.2) is 24.3 Å². The van der Waals surface area contributed by atoms with Crippen molar-refractivity contribution in [1.29, 1.82) is 5.26 Å². The van der Waals surface area contributed by atoms with Crippen LogP contribution < -0.4 is 0 Å². The SMILES string of the molecule is N#CCS(=O)(=O)Cc1ccccc1F. The van der Waals surface area contributed by atoms with Gasteiger partial charge in [-0.1, -0.05) is 18.2 Å². The lowest BCUT2D eigenvalue weighted by Crippen LogP contribution is -2.08. The highest BCUT2D eigenvalue weighted by atomic mass is 32.2. The van der Waals surface area contributed by atoms with Crippen molar-refractivity contribution in [3.05, 3.63) is 35.6 Å². The maximum absolute atomic E-state index is 13.0. The Morgan fingerprint density at radius 2 is 2.00 bits per heavy atom. The highest BCUT2D eigenvalue weighted by Crippen LogP contribution is 2.10. The van der Waals surface area contributed by atoms with Gasteiger partial charge in [-0.15, -0.1) is 0 Å². The van der Waals surface area contributed by atoms with Gasteiger partial charge in [0.1, 0.15) is 11.6 Å². The van der Waals surface area contributed by atoms with Crippen molar-refractivity contribution in [3.8, 4) is 6.07 Å². The molecule has 1 aromatic rings. The van der Waals surface area contributed by atoms with Crippen LogP contribution in [0, 0.1) is 17.1 Å². The fourth-order valence-corrected chi connectivity index (χ4v) is 2.01. The van der Waals surface area contributed by atoms with E-state index >= 15 is 0 Å². The standard InChI is InChI=1S/C9H8FNO2S/c10-9-4-2-1-3-8(9)7-14(12,13)6-5-11/h1-4H,6-7H2. The van der Waals surface area contributed by atoms with E-state index in [1.54, 1.807) is 6.07 Å². The molecule has 1 rings (SSSR count). The summed E-state index contributed by atoms with van der Waals surface area (Å²) in [6.07, 6.45) is 0. The molecule has 0 saturated carbocycles. The van der Waals surface area contributed by atoms with Crippen molar-refractivity contribution >= 4 is 9.84 Å². The molecule has 0 aliphatic carbocycles. The smallest absolute Gasteiger partial charge is 0.167 e. The fraction of sp³-hybridized carbons (Fsp3) is 0.222. The van der Waals surface area contributed by atoms with E-state index in [9.17, 15) is 12.8 Å². The Labute approximate surface area is 81.7 Å². The molecule has 0 fully saturated rings. The number of nitrogens with zero attached hydrogens (tertiary/aromatic N) is 1. The Bertz CT molecular complexity index is 462. The maximum Gasteiger partial charge on any atom is 0.167 e. The van der Waals surface area contributed by atoms with Gasteiger partial charge in [0.2, 0.25) is 0 Å². The fourth-order valence-electron chi connectivity index (χ4n) is 1.00. The van der Waals surface area contributed by atoms with E-state index in [4.69, 9.17) is 5.26 Å². The molecule has 14 heavy (non-hydrogen) atoms. The van der Waals surface area contributed by atoms with Gasteiger partial charge in [0.25, 0.3) is 0 Å². The normalized spacial score (nSPS) is 10.9. The summed E-state index contributed by atoms with van der Waals surface area (Å²) in [6.45, 7) is 0. The summed E-state index contributed by atoms with van der Waals surface area (Å²) in [5.41, 5.74) is 0.0998. The summed E-state index contributed by atoms with van der Waals surface area (Å²) < 4.78 is 35.3. The number of sulfone groups is 1. The summed E-state index contributed by atoms with van der Waals surface area (Å²) in [4.78, 5) is 0. The largest absolute Gasteiger partial charge is 0.227 e. The monoisotopic (exact) mass is 213 g/mol. The predicted molar refractivity (Wildman–Crippen MR) is 49.5 cm³/mol. The van der Waals surface area contributed by atoms with Crippen LogP contribution >= 0.6 is 0 Å². The first kappa shape index (κ1) is 10.7. The molecule has 0 N–H and O–H groups in total. The molecular formula is C9H8FNO2S. The van der Waals surface area contributed by atoms with Crippen LogP contribution in [-0.4, -0.2) is 14.2 Å². The number of hydrogen-bond donors (Lipinski definition) is 0. The Balaban J connectivity index is 2.91. The van der Waals surface area contributed by atoms with Crippen LogP contribution in [0.25, 0.3) is 0 Å². The second-order valence-corrected chi connectivity index (χ2v) is 4.85. The minimum absolute atomic E-state index is 0.0998. The van der Waals surface area contributed by atoms with E-state index < -0.39 is 27.2 Å². The molecule has 5 heteroatoms. The minimum Gasteiger partial charge on any atom is -0.227 e.